The van der Waals surface area contributed by atoms with Gasteiger partial charge >= 0.3 is 0 Å². The minimum Gasteiger partial charge on any atom is -0.309 e. The molecule has 1 heteroatoms. The first-order chi connectivity index (χ1) is 22.4. The molecule has 0 spiro atoms. The van der Waals surface area contributed by atoms with Crippen molar-refractivity contribution in [3.63, 3.8) is 0 Å². The molecular formula is C45H37N. The second-order valence-electron chi connectivity index (χ2n) is 13.1. The van der Waals surface area contributed by atoms with Crippen LogP contribution in [0, 0.1) is 13.8 Å². The van der Waals surface area contributed by atoms with Crippen LogP contribution in [0.25, 0.3) is 44.2 Å². The number of rotatable bonds is 5. The molecule has 0 aromatic heterocycles. The summed E-state index contributed by atoms with van der Waals surface area (Å²) in [6.07, 6.45) is 0. The number of fused-ring (bicyclic) bond motifs is 4. The Morgan fingerprint density at radius 3 is 1.83 bits per heavy atom. The number of nitrogens with zero attached hydrogens (tertiary/aromatic N) is 1. The van der Waals surface area contributed by atoms with Gasteiger partial charge in [0.2, 0.25) is 0 Å². The Morgan fingerprint density at radius 2 is 1.07 bits per heavy atom. The van der Waals surface area contributed by atoms with Gasteiger partial charge in [-0.05, 0) is 111 Å². The van der Waals surface area contributed by atoms with E-state index in [1.165, 1.54) is 77.8 Å². The van der Waals surface area contributed by atoms with Crippen LogP contribution >= 0.6 is 0 Å². The molecule has 0 saturated heterocycles. The summed E-state index contributed by atoms with van der Waals surface area (Å²) in [5, 5.41) is 2.53. The second kappa shape index (κ2) is 10.9. The molecule has 7 aromatic rings. The summed E-state index contributed by atoms with van der Waals surface area (Å²) in [5.74, 6) is 0. The minimum atomic E-state index is -0.0746. The van der Waals surface area contributed by atoms with Gasteiger partial charge in [-0.1, -0.05) is 129 Å². The third-order valence-electron chi connectivity index (χ3n) is 9.86. The fraction of sp³-hybridized carbons (Fsp3) is 0.111. The molecule has 1 nitrogen and oxygen atoms in total. The summed E-state index contributed by atoms with van der Waals surface area (Å²) in [6.45, 7) is 9.24. The average molecular weight is 592 g/mol. The van der Waals surface area contributed by atoms with Crippen molar-refractivity contribution in [2.24, 2.45) is 0 Å². The van der Waals surface area contributed by atoms with E-state index in [0.717, 1.165) is 5.69 Å². The highest BCUT2D eigenvalue weighted by atomic mass is 15.1. The SMILES string of the molecule is Cc1cc(-c2ccc3ccccc3c2)cc(C)c1N(c1ccc(-c2ccccc2)cc1)c1cccc2c1-c1ccccc1C2(C)C. The van der Waals surface area contributed by atoms with E-state index in [9.17, 15) is 0 Å². The van der Waals surface area contributed by atoms with Crippen LogP contribution in [0.2, 0.25) is 0 Å². The lowest BCUT2D eigenvalue weighted by atomic mass is 9.82. The predicted molar refractivity (Wildman–Crippen MR) is 197 cm³/mol. The number of anilines is 3. The quantitative estimate of drug-likeness (QED) is 0.192. The van der Waals surface area contributed by atoms with Gasteiger partial charge in [0.1, 0.15) is 0 Å². The molecule has 0 N–H and O–H groups in total. The maximum absolute atomic E-state index is 2.50. The van der Waals surface area contributed by atoms with Gasteiger partial charge in [0, 0.05) is 16.7 Å². The minimum absolute atomic E-state index is 0.0746. The van der Waals surface area contributed by atoms with E-state index in [-0.39, 0.29) is 5.41 Å². The molecule has 0 amide bonds. The second-order valence-corrected chi connectivity index (χ2v) is 13.1. The highest BCUT2D eigenvalue weighted by Crippen LogP contribution is 2.54. The first kappa shape index (κ1) is 28.1. The van der Waals surface area contributed by atoms with Crippen molar-refractivity contribution in [2.45, 2.75) is 33.1 Å². The standard InChI is InChI=1S/C45H37N/c1-30-27-37(36-22-21-33-15-8-9-16-35(33)29-36)28-31(2)44(30)46(38-25-23-34(24-26-38)32-13-6-5-7-14-32)42-20-12-19-41-43(42)39-17-10-11-18-40(39)45(41,3)4/h5-29H,1-4H3. The summed E-state index contributed by atoms with van der Waals surface area (Å²) < 4.78 is 0. The van der Waals surface area contributed by atoms with Crippen molar-refractivity contribution in [1.29, 1.82) is 0 Å². The number of hydrogen-bond acceptors (Lipinski definition) is 1. The van der Waals surface area contributed by atoms with Gasteiger partial charge in [-0.25, -0.2) is 0 Å². The molecule has 0 aliphatic heterocycles. The van der Waals surface area contributed by atoms with Crippen molar-refractivity contribution in [2.75, 3.05) is 4.90 Å². The van der Waals surface area contributed by atoms with Crippen molar-refractivity contribution in [3.8, 4) is 33.4 Å². The fourth-order valence-corrected chi connectivity index (χ4v) is 7.59. The molecule has 8 rings (SSSR count). The molecule has 0 fully saturated rings. The highest BCUT2D eigenvalue weighted by Gasteiger charge is 2.38. The zero-order valence-corrected chi connectivity index (χ0v) is 26.9. The molecule has 7 aromatic carbocycles. The topological polar surface area (TPSA) is 3.24 Å². The van der Waals surface area contributed by atoms with E-state index >= 15 is 0 Å². The summed E-state index contributed by atoms with van der Waals surface area (Å²) >= 11 is 0. The van der Waals surface area contributed by atoms with Gasteiger partial charge < -0.3 is 4.90 Å². The molecule has 0 heterocycles. The highest BCUT2D eigenvalue weighted by molar-refractivity contribution is 5.96. The Morgan fingerprint density at radius 1 is 0.457 bits per heavy atom. The third kappa shape index (κ3) is 4.54. The Bertz CT molecular complexity index is 2220. The van der Waals surface area contributed by atoms with E-state index in [1.54, 1.807) is 0 Å². The van der Waals surface area contributed by atoms with Crippen molar-refractivity contribution in [3.05, 3.63) is 174 Å². The zero-order valence-electron chi connectivity index (χ0n) is 26.9. The Labute approximate surface area is 272 Å². The summed E-state index contributed by atoms with van der Waals surface area (Å²) in [7, 11) is 0. The lowest BCUT2D eigenvalue weighted by Crippen LogP contribution is -2.17. The van der Waals surface area contributed by atoms with E-state index < -0.39 is 0 Å². The van der Waals surface area contributed by atoms with Crippen molar-refractivity contribution >= 4 is 27.8 Å². The van der Waals surface area contributed by atoms with Gasteiger partial charge in [0.15, 0.2) is 0 Å². The van der Waals surface area contributed by atoms with Gasteiger partial charge in [0.05, 0.1) is 11.4 Å². The number of aryl methyl sites for hydroxylation is 2. The first-order valence-electron chi connectivity index (χ1n) is 16.2. The van der Waals surface area contributed by atoms with Crippen molar-refractivity contribution in [1.82, 2.24) is 0 Å². The van der Waals surface area contributed by atoms with Crippen LogP contribution in [-0.2, 0) is 5.41 Å². The van der Waals surface area contributed by atoms with Crippen LogP contribution in [0.1, 0.15) is 36.1 Å². The molecule has 46 heavy (non-hydrogen) atoms. The summed E-state index contributed by atoms with van der Waals surface area (Å²) in [4.78, 5) is 2.50. The molecule has 0 radical (unpaired) electrons. The van der Waals surface area contributed by atoms with E-state index in [2.05, 4.69) is 184 Å². The lowest BCUT2D eigenvalue weighted by molar-refractivity contribution is 0.660. The summed E-state index contributed by atoms with van der Waals surface area (Å²) in [5.41, 5.74) is 16.4. The zero-order chi connectivity index (χ0) is 31.4. The van der Waals surface area contributed by atoms with Crippen LogP contribution in [-0.4, -0.2) is 0 Å². The molecule has 0 saturated carbocycles. The van der Waals surface area contributed by atoms with Gasteiger partial charge in [-0.15, -0.1) is 0 Å². The molecule has 1 aliphatic rings. The molecule has 1 aliphatic carbocycles. The Hall–Kier alpha value is -5.40. The van der Waals surface area contributed by atoms with Crippen LogP contribution in [0.3, 0.4) is 0 Å². The lowest BCUT2D eigenvalue weighted by Gasteiger charge is -2.31. The Balaban J connectivity index is 1.33. The van der Waals surface area contributed by atoms with E-state index in [0.29, 0.717) is 0 Å². The van der Waals surface area contributed by atoms with Crippen molar-refractivity contribution < 1.29 is 0 Å². The van der Waals surface area contributed by atoms with Crippen LogP contribution < -0.4 is 4.90 Å². The van der Waals surface area contributed by atoms with Crippen LogP contribution in [0.4, 0.5) is 17.1 Å². The maximum Gasteiger partial charge on any atom is 0.0543 e. The fourth-order valence-electron chi connectivity index (χ4n) is 7.59. The Kier molecular flexibility index (Phi) is 6.65. The van der Waals surface area contributed by atoms with Gasteiger partial charge in [-0.3, -0.25) is 0 Å². The molecule has 0 atom stereocenters. The van der Waals surface area contributed by atoms with E-state index in [1.807, 2.05) is 0 Å². The number of benzene rings is 7. The monoisotopic (exact) mass is 591 g/mol. The van der Waals surface area contributed by atoms with E-state index in [4.69, 9.17) is 0 Å². The molecule has 0 bridgehead atoms. The summed E-state index contributed by atoms with van der Waals surface area (Å²) in [6, 6.07) is 55.6. The predicted octanol–water partition coefficient (Wildman–Crippen LogP) is 12.6. The van der Waals surface area contributed by atoms with Gasteiger partial charge in [0.25, 0.3) is 0 Å². The maximum atomic E-state index is 2.50. The molecule has 0 unspecified atom stereocenters. The number of hydrogen-bond donors (Lipinski definition) is 0. The average Bonchev–Trinajstić information content (AvgIpc) is 3.33. The van der Waals surface area contributed by atoms with Crippen LogP contribution in [0.5, 0.6) is 0 Å². The largest absolute Gasteiger partial charge is 0.309 e. The van der Waals surface area contributed by atoms with Gasteiger partial charge in [-0.2, -0.15) is 0 Å². The normalized spacial score (nSPS) is 13.0. The molecule has 222 valence electrons. The smallest absolute Gasteiger partial charge is 0.0543 e. The third-order valence-corrected chi connectivity index (χ3v) is 9.86. The molecular weight excluding hydrogens is 555 g/mol. The van der Waals surface area contributed by atoms with Crippen LogP contribution in [0.15, 0.2) is 152 Å². The first-order valence-corrected chi connectivity index (χ1v) is 16.2.